The van der Waals surface area contributed by atoms with Gasteiger partial charge >= 0.3 is 5.63 Å². The van der Waals surface area contributed by atoms with Crippen molar-refractivity contribution in [1.82, 2.24) is 4.90 Å². The van der Waals surface area contributed by atoms with Crippen LogP contribution in [0.3, 0.4) is 0 Å². The van der Waals surface area contributed by atoms with E-state index >= 15 is 0 Å². The molecule has 0 radical (unpaired) electrons. The van der Waals surface area contributed by atoms with Gasteiger partial charge in [0.1, 0.15) is 23.8 Å². The number of nitrogens with zero attached hydrogens (tertiary/aromatic N) is 1. The molecule has 0 spiro atoms. The highest BCUT2D eigenvalue weighted by Crippen LogP contribution is 2.36. The highest BCUT2D eigenvalue weighted by molar-refractivity contribution is 5.95. The van der Waals surface area contributed by atoms with Crippen LogP contribution in [0.25, 0.3) is 22.1 Å². The van der Waals surface area contributed by atoms with Crippen molar-refractivity contribution >= 4 is 11.0 Å². The molecule has 0 amide bonds. The number of ether oxygens (including phenoxy) is 3. The van der Waals surface area contributed by atoms with Crippen LogP contribution in [0.5, 0.6) is 11.5 Å². The summed E-state index contributed by atoms with van der Waals surface area (Å²) in [6.45, 7) is 2.83. The van der Waals surface area contributed by atoms with E-state index in [1.807, 2.05) is 36.4 Å². The second kappa shape index (κ2) is 7.54. The highest BCUT2D eigenvalue weighted by atomic mass is 16.5. The third-order valence-electron chi connectivity index (χ3n) is 5.64. The summed E-state index contributed by atoms with van der Waals surface area (Å²) >= 11 is 0. The molecule has 1 fully saturated rings. The fraction of sp³-hybridized carbons (Fsp3) is 0.348. The zero-order valence-corrected chi connectivity index (χ0v) is 16.3. The Morgan fingerprint density at radius 2 is 2.03 bits per heavy atom. The summed E-state index contributed by atoms with van der Waals surface area (Å²) in [7, 11) is 1.64. The lowest BCUT2D eigenvalue weighted by molar-refractivity contribution is 0.0281. The van der Waals surface area contributed by atoms with Gasteiger partial charge in [-0.25, -0.2) is 4.79 Å². The normalized spacial score (nSPS) is 19.1. The zero-order valence-electron chi connectivity index (χ0n) is 16.3. The highest BCUT2D eigenvalue weighted by Gasteiger charge is 2.26. The van der Waals surface area contributed by atoms with Crippen molar-refractivity contribution in [2.24, 2.45) is 0 Å². The Labute approximate surface area is 168 Å². The summed E-state index contributed by atoms with van der Waals surface area (Å²) in [4.78, 5) is 14.6. The first-order valence-electron chi connectivity index (χ1n) is 9.92. The van der Waals surface area contributed by atoms with Gasteiger partial charge in [-0.2, -0.15) is 0 Å². The number of benzene rings is 2. The molecule has 1 aromatic heterocycles. The summed E-state index contributed by atoms with van der Waals surface area (Å²) in [5.41, 5.74) is 2.93. The summed E-state index contributed by atoms with van der Waals surface area (Å²) in [5.74, 6) is 1.55. The van der Waals surface area contributed by atoms with Gasteiger partial charge in [-0.1, -0.05) is 12.1 Å². The Morgan fingerprint density at radius 3 is 2.79 bits per heavy atom. The van der Waals surface area contributed by atoms with E-state index in [1.165, 1.54) is 0 Å². The molecule has 1 atom stereocenters. The minimum atomic E-state index is -0.368. The number of hydrogen-bond donors (Lipinski definition) is 0. The Kier molecular flexibility index (Phi) is 4.73. The van der Waals surface area contributed by atoms with E-state index in [4.69, 9.17) is 18.6 Å². The number of hydrogen-bond acceptors (Lipinski definition) is 6. The molecule has 0 aliphatic carbocycles. The molecular weight excluding hydrogens is 370 g/mol. The molecule has 6 heteroatoms. The van der Waals surface area contributed by atoms with E-state index < -0.39 is 0 Å². The topological polar surface area (TPSA) is 61.1 Å². The summed E-state index contributed by atoms with van der Waals surface area (Å²) in [6, 6.07) is 13.2. The molecule has 150 valence electrons. The van der Waals surface area contributed by atoms with Crippen molar-refractivity contribution in [3.8, 4) is 22.6 Å². The number of methoxy groups -OCH3 is 1. The number of fused-ring (bicyclic) bond motifs is 3. The van der Waals surface area contributed by atoms with Crippen LogP contribution in [0.1, 0.15) is 18.4 Å². The molecule has 29 heavy (non-hydrogen) atoms. The molecule has 0 unspecified atom stereocenters. The second-order valence-corrected chi connectivity index (χ2v) is 7.55. The van der Waals surface area contributed by atoms with Crippen molar-refractivity contribution in [3.05, 3.63) is 58.4 Å². The zero-order chi connectivity index (χ0) is 19.8. The Balaban J connectivity index is 1.55. The van der Waals surface area contributed by atoms with Gasteiger partial charge < -0.3 is 18.6 Å². The van der Waals surface area contributed by atoms with Crippen molar-refractivity contribution < 1.29 is 18.6 Å². The predicted molar refractivity (Wildman–Crippen MR) is 109 cm³/mol. The first-order valence-corrected chi connectivity index (χ1v) is 9.92. The molecule has 0 bridgehead atoms. The molecule has 3 heterocycles. The van der Waals surface area contributed by atoms with Gasteiger partial charge in [-0.05, 0) is 48.2 Å². The van der Waals surface area contributed by atoms with E-state index in [1.54, 1.807) is 13.2 Å². The van der Waals surface area contributed by atoms with Crippen molar-refractivity contribution in [2.45, 2.75) is 25.5 Å². The van der Waals surface area contributed by atoms with E-state index in [0.29, 0.717) is 18.9 Å². The van der Waals surface area contributed by atoms with Crippen LogP contribution in [0, 0.1) is 0 Å². The lowest BCUT2D eigenvalue weighted by Crippen LogP contribution is -2.37. The smallest absolute Gasteiger partial charge is 0.336 e. The van der Waals surface area contributed by atoms with E-state index in [2.05, 4.69) is 4.90 Å². The third-order valence-corrected chi connectivity index (χ3v) is 5.64. The molecule has 0 N–H and O–H groups in total. The molecule has 1 saturated heterocycles. The average Bonchev–Trinajstić information content (AvgIpc) is 3.26. The molecule has 6 nitrogen and oxygen atoms in total. The Hall–Kier alpha value is -2.83. The first kappa shape index (κ1) is 18.2. The van der Waals surface area contributed by atoms with E-state index in [9.17, 15) is 4.79 Å². The number of rotatable bonds is 4. The summed E-state index contributed by atoms with van der Waals surface area (Å²) < 4.78 is 22.6. The van der Waals surface area contributed by atoms with Crippen LogP contribution < -0.4 is 15.1 Å². The van der Waals surface area contributed by atoms with Crippen LogP contribution >= 0.6 is 0 Å². The van der Waals surface area contributed by atoms with Crippen molar-refractivity contribution in [1.29, 1.82) is 0 Å². The lowest BCUT2D eigenvalue weighted by atomic mass is 9.99. The van der Waals surface area contributed by atoms with Crippen LogP contribution in [0.15, 0.2) is 51.7 Å². The maximum atomic E-state index is 12.4. The van der Waals surface area contributed by atoms with Gasteiger partial charge in [-0.15, -0.1) is 0 Å². The van der Waals surface area contributed by atoms with Crippen LogP contribution in [-0.4, -0.2) is 38.0 Å². The Bertz CT molecular complexity index is 1080. The molecular formula is C23H23NO5. The third kappa shape index (κ3) is 3.50. The van der Waals surface area contributed by atoms with Gasteiger partial charge in [0.15, 0.2) is 0 Å². The fourth-order valence-electron chi connectivity index (χ4n) is 4.18. The summed E-state index contributed by atoms with van der Waals surface area (Å²) in [6.07, 6.45) is 2.44. The molecule has 2 aromatic carbocycles. The fourth-order valence-corrected chi connectivity index (χ4v) is 4.18. The van der Waals surface area contributed by atoms with Crippen LogP contribution in [-0.2, 0) is 11.3 Å². The first-order chi connectivity index (χ1) is 14.2. The second-order valence-electron chi connectivity index (χ2n) is 7.55. The average molecular weight is 393 g/mol. The van der Waals surface area contributed by atoms with E-state index in [0.717, 1.165) is 59.6 Å². The van der Waals surface area contributed by atoms with Gasteiger partial charge in [0.2, 0.25) is 0 Å². The molecule has 2 aliphatic rings. The van der Waals surface area contributed by atoms with Gasteiger partial charge in [0, 0.05) is 31.1 Å². The monoisotopic (exact) mass is 393 g/mol. The van der Waals surface area contributed by atoms with Crippen LogP contribution in [0.2, 0.25) is 0 Å². The van der Waals surface area contributed by atoms with E-state index in [-0.39, 0.29) is 11.7 Å². The predicted octanol–water partition coefficient (Wildman–Crippen LogP) is 3.80. The minimum absolute atomic E-state index is 0.247. The molecule has 2 aliphatic heterocycles. The van der Waals surface area contributed by atoms with Gasteiger partial charge in [0.25, 0.3) is 0 Å². The van der Waals surface area contributed by atoms with Gasteiger partial charge in [-0.3, -0.25) is 4.90 Å². The van der Waals surface area contributed by atoms with Crippen LogP contribution in [0.4, 0.5) is 0 Å². The SMILES string of the molecule is COc1ccc(-c2cc(=O)oc3c4c(ccc23)OCN(C[C@H]2CCCO2)C4)cc1. The minimum Gasteiger partial charge on any atom is -0.497 e. The molecule has 5 rings (SSSR count). The van der Waals surface area contributed by atoms with Crippen molar-refractivity contribution in [3.63, 3.8) is 0 Å². The molecule has 0 saturated carbocycles. The summed E-state index contributed by atoms with van der Waals surface area (Å²) in [5, 5.41) is 0.899. The molecule has 3 aromatic rings. The maximum absolute atomic E-state index is 12.4. The standard InChI is InChI=1S/C23H23NO5/c1-26-16-6-4-15(5-7-16)19-11-22(25)29-23-18(19)8-9-21-20(23)13-24(14-28-21)12-17-3-2-10-27-17/h4-9,11,17H,2-3,10,12-14H2,1H3/t17-/m1/s1. The Morgan fingerprint density at radius 1 is 1.17 bits per heavy atom. The largest absolute Gasteiger partial charge is 0.497 e. The van der Waals surface area contributed by atoms with Crippen molar-refractivity contribution in [2.75, 3.05) is 27.0 Å². The van der Waals surface area contributed by atoms with Gasteiger partial charge in [0.05, 0.1) is 18.8 Å². The quantitative estimate of drug-likeness (QED) is 0.629. The maximum Gasteiger partial charge on any atom is 0.336 e. The lowest BCUT2D eigenvalue weighted by Gasteiger charge is -2.30.